The number of alkyl halides is 3. The predicted molar refractivity (Wildman–Crippen MR) is 72.0 cm³/mol. The molecule has 1 aliphatic heterocycles. The van der Waals surface area contributed by atoms with Crippen molar-refractivity contribution in [1.82, 2.24) is 4.31 Å². The number of hydrogen-bond acceptors (Lipinski definition) is 3. The average molecular weight is 322 g/mol. The third-order valence-electron chi connectivity index (χ3n) is 3.64. The summed E-state index contributed by atoms with van der Waals surface area (Å²) in [5.41, 5.74) is 4.92. The molecule has 1 heterocycles. The van der Waals surface area contributed by atoms with Gasteiger partial charge in [-0.1, -0.05) is 0 Å². The highest BCUT2D eigenvalue weighted by atomic mass is 32.2. The molecule has 1 fully saturated rings. The quantitative estimate of drug-likeness (QED) is 0.908. The van der Waals surface area contributed by atoms with Crippen LogP contribution in [0.2, 0.25) is 0 Å². The van der Waals surface area contributed by atoms with Crippen LogP contribution in [0, 0.1) is 0 Å². The maximum absolute atomic E-state index is 12.5. The number of halogens is 3. The highest BCUT2D eigenvalue weighted by Crippen LogP contribution is 2.31. The van der Waals surface area contributed by atoms with E-state index >= 15 is 0 Å². The second-order valence-electron chi connectivity index (χ2n) is 5.27. The van der Waals surface area contributed by atoms with Crippen LogP contribution in [0.25, 0.3) is 0 Å². The Morgan fingerprint density at radius 3 is 2.29 bits per heavy atom. The number of nitrogens with zero attached hydrogens (tertiary/aromatic N) is 1. The summed E-state index contributed by atoms with van der Waals surface area (Å²) < 4.78 is 63.7. The van der Waals surface area contributed by atoms with Gasteiger partial charge < -0.3 is 5.73 Å². The molecule has 21 heavy (non-hydrogen) atoms. The van der Waals surface area contributed by atoms with E-state index in [0.29, 0.717) is 12.8 Å². The van der Waals surface area contributed by atoms with E-state index < -0.39 is 21.8 Å². The van der Waals surface area contributed by atoms with Gasteiger partial charge in [-0.15, -0.1) is 0 Å². The van der Waals surface area contributed by atoms with Crippen molar-refractivity contribution in [2.45, 2.75) is 42.9 Å². The maximum Gasteiger partial charge on any atom is 0.416 e. The molecule has 8 heteroatoms. The molecule has 2 atom stereocenters. The molecule has 1 aliphatic rings. The summed E-state index contributed by atoms with van der Waals surface area (Å²) in [5.74, 6) is 0. The topological polar surface area (TPSA) is 63.4 Å². The zero-order chi connectivity index (χ0) is 15.8. The van der Waals surface area contributed by atoms with Crippen molar-refractivity contribution < 1.29 is 21.6 Å². The molecule has 2 unspecified atom stereocenters. The molecule has 0 bridgehead atoms. The fourth-order valence-electron chi connectivity index (χ4n) is 2.50. The molecule has 1 aromatic carbocycles. The van der Waals surface area contributed by atoms with Crippen molar-refractivity contribution in [1.29, 1.82) is 0 Å². The molecule has 0 aromatic heterocycles. The smallest absolute Gasteiger partial charge is 0.328 e. The second kappa shape index (κ2) is 5.58. The Bertz CT molecular complexity index is 599. The Morgan fingerprint density at radius 2 is 1.81 bits per heavy atom. The first-order chi connectivity index (χ1) is 9.62. The van der Waals surface area contributed by atoms with Crippen LogP contribution in [0.3, 0.4) is 0 Å². The van der Waals surface area contributed by atoms with Gasteiger partial charge in [0.15, 0.2) is 0 Å². The van der Waals surface area contributed by atoms with E-state index in [1.165, 1.54) is 4.31 Å². The minimum atomic E-state index is -4.48. The van der Waals surface area contributed by atoms with Crippen LogP contribution < -0.4 is 5.73 Å². The first kappa shape index (κ1) is 16.3. The molecule has 2 rings (SSSR count). The van der Waals surface area contributed by atoms with Gasteiger partial charge in [0.1, 0.15) is 0 Å². The lowest BCUT2D eigenvalue weighted by molar-refractivity contribution is -0.137. The molecule has 0 amide bonds. The van der Waals surface area contributed by atoms with E-state index in [4.69, 9.17) is 5.73 Å². The van der Waals surface area contributed by atoms with Crippen LogP contribution in [0.5, 0.6) is 0 Å². The Labute approximate surface area is 121 Å². The largest absolute Gasteiger partial charge is 0.416 e. The highest BCUT2D eigenvalue weighted by molar-refractivity contribution is 7.89. The first-order valence-corrected chi connectivity index (χ1v) is 8.01. The van der Waals surface area contributed by atoms with Crippen molar-refractivity contribution in [2.75, 3.05) is 6.54 Å². The molecular weight excluding hydrogens is 305 g/mol. The predicted octanol–water partition coefficient (Wildman–Crippen LogP) is 2.21. The summed E-state index contributed by atoms with van der Waals surface area (Å²) in [5, 5.41) is 0. The van der Waals surface area contributed by atoms with Crippen LogP contribution in [-0.4, -0.2) is 31.4 Å². The maximum atomic E-state index is 12.5. The average Bonchev–Trinajstić information content (AvgIpc) is 2.37. The highest BCUT2D eigenvalue weighted by Gasteiger charge is 2.35. The van der Waals surface area contributed by atoms with Gasteiger partial charge in [-0.2, -0.15) is 17.5 Å². The van der Waals surface area contributed by atoms with E-state index in [2.05, 4.69) is 0 Å². The van der Waals surface area contributed by atoms with Crippen LogP contribution in [-0.2, 0) is 16.2 Å². The molecule has 0 aliphatic carbocycles. The van der Waals surface area contributed by atoms with Crippen molar-refractivity contribution >= 4 is 10.0 Å². The van der Waals surface area contributed by atoms with E-state index in [-0.39, 0.29) is 23.5 Å². The third kappa shape index (κ3) is 3.38. The minimum absolute atomic E-state index is 0.0425. The molecule has 1 aromatic rings. The molecule has 1 saturated heterocycles. The summed E-state index contributed by atoms with van der Waals surface area (Å²) >= 11 is 0. The number of benzene rings is 1. The number of nitrogens with two attached hydrogens (primary N) is 1. The van der Waals surface area contributed by atoms with E-state index in [1.54, 1.807) is 6.92 Å². The fourth-order valence-corrected chi connectivity index (χ4v) is 4.15. The Hall–Kier alpha value is -1.12. The molecular formula is C13H17F3N2O2S. The summed E-state index contributed by atoms with van der Waals surface area (Å²) in [6.07, 6.45) is -3.39. The molecule has 118 valence electrons. The van der Waals surface area contributed by atoms with Gasteiger partial charge in [0, 0.05) is 18.6 Å². The van der Waals surface area contributed by atoms with Crippen LogP contribution in [0.15, 0.2) is 29.2 Å². The van der Waals surface area contributed by atoms with Gasteiger partial charge in [-0.05, 0) is 44.0 Å². The number of sulfonamides is 1. The number of hydrogen-bond donors (Lipinski definition) is 1. The van der Waals surface area contributed by atoms with Gasteiger partial charge in [-0.3, -0.25) is 0 Å². The number of rotatable bonds is 2. The van der Waals surface area contributed by atoms with Crippen molar-refractivity contribution in [2.24, 2.45) is 5.73 Å². The van der Waals surface area contributed by atoms with Crippen molar-refractivity contribution in [3.8, 4) is 0 Å². The molecule has 2 N–H and O–H groups in total. The monoisotopic (exact) mass is 322 g/mol. The summed E-state index contributed by atoms with van der Waals surface area (Å²) in [6, 6.07) is 3.26. The first-order valence-electron chi connectivity index (χ1n) is 6.57. The van der Waals surface area contributed by atoms with Crippen LogP contribution >= 0.6 is 0 Å². The van der Waals surface area contributed by atoms with Gasteiger partial charge in [-0.25, -0.2) is 8.42 Å². The zero-order valence-corrected chi connectivity index (χ0v) is 12.3. The Kier molecular flexibility index (Phi) is 4.32. The standard InChI is InChI=1S/C13H17F3N2O2S/c1-9-8-11(17)6-7-18(9)21(19,20)12-4-2-10(3-5-12)13(14,15)16/h2-5,9,11H,6-8,17H2,1H3. The molecule has 4 nitrogen and oxygen atoms in total. The van der Waals surface area contributed by atoms with E-state index in [9.17, 15) is 21.6 Å². The van der Waals surface area contributed by atoms with Crippen LogP contribution in [0.1, 0.15) is 25.3 Å². The SMILES string of the molecule is CC1CC(N)CCN1S(=O)(=O)c1ccc(C(F)(F)F)cc1. The Morgan fingerprint density at radius 1 is 1.24 bits per heavy atom. The van der Waals surface area contributed by atoms with E-state index in [0.717, 1.165) is 24.3 Å². The van der Waals surface area contributed by atoms with Gasteiger partial charge in [0.2, 0.25) is 10.0 Å². The third-order valence-corrected chi connectivity index (χ3v) is 5.67. The van der Waals surface area contributed by atoms with E-state index in [1.807, 2.05) is 0 Å². The molecule has 0 spiro atoms. The zero-order valence-electron chi connectivity index (χ0n) is 11.5. The summed E-state index contributed by atoms with van der Waals surface area (Å²) in [7, 11) is -3.79. The number of piperidine rings is 1. The molecule has 0 saturated carbocycles. The van der Waals surface area contributed by atoms with Crippen LogP contribution in [0.4, 0.5) is 13.2 Å². The molecule has 0 radical (unpaired) electrons. The summed E-state index contributed by atoms with van der Waals surface area (Å²) in [6.45, 7) is 2.03. The second-order valence-corrected chi connectivity index (χ2v) is 7.16. The van der Waals surface area contributed by atoms with Gasteiger partial charge in [0.05, 0.1) is 10.5 Å². The lowest BCUT2D eigenvalue weighted by atomic mass is 10.0. The Balaban J connectivity index is 2.28. The van der Waals surface area contributed by atoms with Crippen molar-refractivity contribution in [3.63, 3.8) is 0 Å². The summed E-state index contributed by atoms with van der Waals surface area (Å²) in [4.78, 5) is -0.127. The van der Waals surface area contributed by atoms with Crippen molar-refractivity contribution in [3.05, 3.63) is 29.8 Å². The lowest BCUT2D eigenvalue weighted by Gasteiger charge is -2.35. The van der Waals surface area contributed by atoms with Gasteiger partial charge >= 0.3 is 6.18 Å². The normalized spacial score (nSPS) is 25.0. The minimum Gasteiger partial charge on any atom is -0.328 e. The van der Waals surface area contributed by atoms with Gasteiger partial charge in [0.25, 0.3) is 0 Å². The lowest BCUT2D eigenvalue weighted by Crippen LogP contribution is -2.48. The fraction of sp³-hybridized carbons (Fsp3) is 0.538.